The van der Waals surface area contributed by atoms with E-state index in [9.17, 15) is 0 Å². The van der Waals surface area contributed by atoms with Crippen LogP contribution in [0.4, 0.5) is 11.6 Å². The summed E-state index contributed by atoms with van der Waals surface area (Å²) in [6.07, 6.45) is 11.9. The van der Waals surface area contributed by atoms with Gasteiger partial charge in [-0.2, -0.15) is 0 Å². The van der Waals surface area contributed by atoms with E-state index >= 15 is 0 Å². The molecule has 4 nitrogen and oxygen atoms in total. The minimum absolute atomic E-state index is 0.630. The van der Waals surface area contributed by atoms with E-state index in [1.54, 1.807) is 0 Å². The standard InChI is InChI=1S/C19H30N4/c1-15-18(22-11-5-2-3-6-12-22)20-17(16-9-10-16)21-19(15)23-13-7-4-8-14-23/h16H,2-14H2,1H3. The van der Waals surface area contributed by atoms with E-state index in [4.69, 9.17) is 9.97 Å². The zero-order chi connectivity index (χ0) is 15.6. The molecule has 3 heterocycles. The molecule has 0 unspecified atom stereocenters. The lowest BCUT2D eigenvalue weighted by molar-refractivity contribution is 0.570. The first-order valence-electron chi connectivity index (χ1n) is 9.71. The van der Waals surface area contributed by atoms with Gasteiger partial charge in [-0.05, 0) is 51.9 Å². The van der Waals surface area contributed by atoms with Gasteiger partial charge < -0.3 is 9.80 Å². The Bertz CT molecular complexity index is 539. The van der Waals surface area contributed by atoms with E-state index < -0.39 is 0 Å². The number of rotatable bonds is 3. The number of aromatic nitrogens is 2. The molecular weight excluding hydrogens is 284 g/mol. The normalized spacial score (nSPS) is 23.0. The summed E-state index contributed by atoms with van der Waals surface area (Å²) in [5.74, 6) is 4.23. The molecule has 0 amide bonds. The van der Waals surface area contributed by atoms with Gasteiger partial charge in [0.25, 0.3) is 0 Å². The highest BCUT2D eigenvalue weighted by atomic mass is 15.2. The number of anilines is 2. The van der Waals surface area contributed by atoms with Crippen LogP contribution in [0.3, 0.4) is 0 Å². The van der Waals surface area contributed by atoms with Crippen LogP contribution in [-0.2, 0) is 0 Å². The Morgan fingerprint density at radius 2 is 1.13 bits per heavy atom. The Kier molecular flexibility index (Phi) is 4.41. The van der Waals surface area contributed by atoms with Gasteiger partial charge in [-0.3, -0.25) is 0 Å². The smallest absolute Gasteiger partial charge is 0.137 e. The lowest BCUT2D eigenvalue weighted by Gasteiger charge is -2.32. The Morgan fingerprint density at radius 1 is 0.696 bits per heavy atom. The van der Waals surface area contributed by atoms with Crippen molar-refractivity contribution in [3.63, 3.8) is 0 Å². The van der Waals surface area contributed by atoms with Crippen LogP contribution in [0, 0.1) is 6.92 Å². The third-order valence-corrected chi connectivity index (χ3v) is 5.62. The summed E-state index contributed by atoms with van der Waals surface area (Å²) < 4.78 is 0. The molecule has 0 N–H and O–H groups in total. The lowest BCUT2D eigenvalue weighted by Crippen LogP contribution is -2.33. The molecule has 1 aromatic rings. The molecule has 4 rings (SSSR count). The van der Waals surface area contributed by atoms with Gasteiger partial charge in [0.05, 0.1) is 0 Å². The van der Waals surface area contributed by atoms with Crippen molar-refractivity contribution in [2.45, 2.75) is 70.6 Å². The van der Waals surface area contributed by atoms with Crippen molar-refractivity contribution in [2.75, 3.05) is 36.0 Å². The van der Waals surface area contributed by atoms with Crippen molar-refractivity contribution in [1.29, 1.82) is 0 Å². The molecule has 0 aromatic carbocycles. The summed E-state index contributed by atoms with van der Waals surface area (Å²) in [5.41, 5.74) is 1.32. The first kappa shape index (κ1) is 15.2. The highest BCUT2D eigenvalue weighted by molar-refractivity contribution is 5.60. The van der Waals surface area contributed by atoms with Gasteiger partial charge in [0.2, 0.25) is 0 Å². The van der Waals surface area contributed by atoms with Gasteiger partial charge in [-0.15, -0.1) is 0 Å². The predicted molar refractivity (Wildman–Crippen MR) is 95.5 cm³/mol. The Labute approximate surface area is 140 Å². The largest absolute Gasteiger partial charge is 0.356 e. The molecule has 0 atom stereocenters. The molecule has 2 saturated heterocycles. The molecule has 23 heavy (non-hydrogen) atoms. The van der Waals surface area contributed by atoms with Crippen LogP contribution in [0.5, 0.6) is 0 Å². The van der Waals surface area contributed by atoms with Gasteiger partial charge in [0, 0.05) is 37.7 Å². The van der Waals surface area contributed by atoms with Crippen molar-refractivity contribution in [3.05, 3.63) is 11.4 Å². The molecular formula is C19H30N4. The highest BCUT2D eigenvalue weighted by Crippen LogP contribution is 2.41. The maximum Gasteiger partial charge on any atom is 0.137 e. The van der Waals surface area contributed by atoms with Gasteiger partial charge in [-0.1, -0.05) is 12.8 Å². The van der Waals surface area contributed by atoms with E-state index in [-0.39, 0.29) is 0 Å². The van der Waals surface area contributed by atoms with E-state index in [2.05, 4.69) is 16.7 Å². The highest BCUT2D eigenvalue weighted by Gasteiger charge is 2.30. The van der Waals surface area contributed by atoms with Crippen molar-refractivity contribution in [1.82, 2.24) is 9.97 Å². The summed E-state index contributed by atoms with van der Waals surface area (Å²) in [6.45, 7) is 6.92. The van der Waals surface area contributed by atoms with Crippen LogP contribution in [-0.4, -0.2) is 36.1 Å². The second-order valence-electron chi connectivity index (χ2n) is 7.58. The summed E-state index contributed by atoms with van der Waals surface area (Å²) >= 11 is 0. The molecule has 2 aliphatic heterocycles. The van der Waals surface area contributed by atoms with Crippen LogP contribution in [0.1, 0.15) is 75.1 Å². The monoisotopic (exact) mass is 314 g/mol. The Morgan fingerprint density at radius 3 is 1.57 bits per heavy atom. The summed E-state index contributed by atoms with van der Waals surface area (Å²) in [5, 5.41) is 0. The molecule has 1 aliphatic carbocycles. The zero-order valence-corrected chi connectivity index (χ0v) is 14.6. The quantitative estimate of drug-likeness (QED) is 0.843. The number of nitrogens with zero attached hydrogens (tertiary/aromatic N) is 4. The number of hydrogen-bond acceptors (Lipinski definition) is 4. The van der Waals surface area contributed by atoms with E-state index in [1.165, 1.54) is 101 Å². The number of hydrogen-bond donors (Lipinski definition) is 0. The zero-order valence-electron chi connectivity index (χ0n) is 14.6. The maximum atomic E-state index is 5.04. The van der Waals surface area contributed by atoms with E-state index in [0.29, 0.717) is 5.92 Å². The first-order valence-corrected chi connectivity index (χ1v) is 9.71. The second-order valence-corrected chi connectivity index (χ2v) is 7.58. The van der Waals surface area contributed by atoms with Crippen LogP contribution in [0.15, 0.2) is 0 Å². The predicted octanol–water partition coefficient (Wildman–Crippen LogP) is 4.03. The minimum atomic E-state index is 0.630. The SMILES string of the molecule is Cc1c(N2CCCCCC2)nc(C2CC2)nc1N1CCCCC1. The third-order valence-electron chi connectivity index (χ3n) is 5.62. The molecule has 0 spiro atoms. The minimum Gasteiger partial charge on any atom is -0.356 e. The average Bonchev–Trinajstić information content (AvgIpc) is 3.43. The molecule has 4 heteroatoms. The fraction of sp³-hybridized carbons (Fsp3) is 0.789. The lowest BCUT2D eigenvalue weighted by atomic mass is 10.1. The average molecular weight is 314 g/mol. The molecule has 126 valence electrons. The fourth-order valence-corrected chi connectivity index (χ4v) is 4.04. The Balaban J connectivity index is 1.69. The second kappa shape index (κ2) is 6.66. The van der Waals surface area contributed by atoms with Crippen LogP contribution in [0.2, 0.25) is 0 Å². The topological polar surface area (TPSA) is 32.3 Å². The van der Waals surface area contributed by atoms with Crippen molar-refractivity contribution in [2.24, 2.45) is 0 Å². The van der Waals surface area contributed by atoms with Crippen LogP contribution in [0.25, 0.3) is 0 Å². The van der Waals surface area contributed by atoms with Gasteiger partial charge >= 0.3 is 0 Å². The van der Waals surface area contributed by atoms with Crippen LogP contribution < -0.4 is 9.80 Å². The third kappa shape index (κ3) is 3.31. The van der Waals surface area contributed by atoms with Gasteiger partial charge in [0.15, 0.2) is 0 Å². The van der Waals surface area contributed by atoms with Crippen molar-refractivity contribution >= 4 is 11.6 Å². The summed E-state index contributed by atoms with van der Waals surface area (Å²) in [4.78, 5) is 15.1. The molecule has 1 saturated carbocycles. The van der Waals surface area contributed by atoms with Gasteiger partial charge in [-0.25, -0.2) is 9.97 Å². The number of piperidine rings is 1. The van der Waals surface area contributed by atoms with E-state index in [1.807, 2.05) is 0 Å². The first-order chi connectivity index (χ1) is 11.3. The van der Waals surface area contributed by atoms with Crippen LogP contribution >= 0.6 is 0 Å². The molecule has 0 bridgehead atoms. The Hall–Kier alpha value is -1.32. The molecule has 0 radical (unpaired) electrons. The van der Waals surface area contributed by atoms with Crippen molar-refractivity contribution in [3.8, 4) is 0 Å². The fourth-order valence-electron chi connectivity index (χ4n) is 4.04. The van der Waals surface area contributed by atoms with E-state index in [0.717, 1.165) is 5.82 Å². The summed E-state index contributed by atoms with van der Waals surface area (Å²) in [7, 11) is 0. The van der Waals surface area contributed by atoms with Gasteiger partial charge in [0.1, 0.15) is 17.5 Å². The van der Waals surface area contributed by atoms with Crippen molar-refractivity contribution < 1.29 is 0 Å². The molecule has 3 fully saturated rings. The molecule has 3 aliphatic rings. The molecule has 1 aromatic heterocycles. The summed E-state index contributed by atoms with van der Waals surface area (Å²) in [6, 6.07) is 0. The maximum absolute atomic E-state index is 5.04.